The van der Waals surface area contributed by atoms with Crippen LogP contribution < -0.4 is 9.75 Å². The van der Waals surface area contributed by atoms with Crippen molar-refractivity contribution in [3.63, 3.8) is 0 Å². The molecule has 2 atom stereocenters. The fraction of sp³-hybridized carbons (Fsp3) is 0.160. The van der Waals surface area contributed by atoms with Gasteiger partial charge in [-0.3, -0.25) is 5.01 Å². The topological polar surface area (TPSA) is 66.5 Å². The molecule has 5 rings (SSSR count). The number of anilines is 1. The van der Waals surface area contributed by atoms with Crippen LogP contribution in [0.5, 0.6) is 5.75 Å². The maximum atomic E-state index is 13.6. The number of rotatable bonds is 3. The molecule has 1 N–H and O–H groups in total. The number of hydrogen-bond donors (Lipinski definition) is 1. The highest BCUT2D eigenvalue weighted by Crippen LogP contribution is 2.45. The zero-order valence-corrected chi connectivity index (χ0v) is 17.1. The Balaban J connectivity index is 1.64. The number of hydrazone groups is 1. The maximum Gasteiger partial charge on any atom is 0.335 e. The van der Waals surface area contributed by atoms with E-state index in [1.54, 1.807) is 30.3 Å². The Hall–Kier alpha value is -4.18. The molecule has 0 amide bonds. The fourth-order valence-corrected chi connectivity index (χ4v) is 4.32. The number of fused-ring (bicyclic) bond motifs is 3. The van der Waals surface area contributed by atoms with Gasteiger partial charge in [-0.25, -0.2) is 14.0 Å². The second kappa shape index (κ2) is 7.50. The largest absolute Gasteiger partial charge is 0.492 e. The molecular weight excluding hydrogens is 409 g/mol. The zero-order chi connectivity index (χ0) is 22.4. The summed E-state index contributed by atoms with van der Waals surface area (Å²) in [6, 6.07) is 16.4. The first kappa shape index (κ1) is 19.8. The number of nitrogens with zero attached hydrogens (tertiary/aromatic N) is 3. The van der Waals surface area contributed by atoms with Crippen LogP contribution in [-0.2, 0) is 0 Å². The first-order valence-corrected chi connectivity index (χ1v) is 10.1. The number of hydrogen-bond acceptors (Lipinski definition) is 4. The van der Waals surface area contributed by atoms with E-state index in [2.05, 4.69) is 4.85 Å². The molecule has 2 aliphatic rings. The Kier molecular flexibility index (Phi) is 4.63. The maximum absolute atomic E-state index is 13.6. The van der Waals surface area contributed by atoms with Gasteiger partial charge in [-0.05, 0) is 60.5 Å². The predicted molar refractivity (Wildman–Crippen MR) is 118 cm³/mol. The lowest BCUT2D eigenvalue weighted by molar-refractivity contribution is 0.0696. The number of ether oxygens (including phenoxy) is 1. The number of carbonyl (C=O) groups is 1. The van der Waals surface area contributed by atoms with Gasteiger partial charge in [0.05, 0.1) is 42.1 Å². The van der Waals surface area contributed by atoms with Crippen molar-refractivity contribution in [3.8, 4) is 5.75 Å². The second-order valence-corrected chi connectivity index (χ2v) is 7.84. The van der Waals surface area contributed by atoms with E-state index < -0.39 is 5.97 Å². The van der Waals surface area contributed by atoms with Gasteiger partial charge in [0, 0.05) is 5.56 Å². The fourth-order valence-electron chi connectivity index (χ4n) is 4.32. The van der Waals surface area contributed by atoms with Gasteiger partial charge in [0.25, 0.3) is 0 Å². The third-order valence-electron chi connectivity index (χ3n) is 5.91. The molecule has 0 fully saturated rings. The molecule has 7 heteroatoms. The molecule has 6 nitrogen and oxygen atoms in total. The molecule has 0 saturated carbocycles. The molecule has 158 valence electrons. The number of carboxylic acid groups (broad SMARTS) is 1. The second-order valence-electron chi connectivity index (χ2n) is 7.84. The molecular formula is C25H18FN3O3. The standard InChI is InChI=1S/C25H18FN3O3/c1-14-11-18(8-10-21(14)27-2)29-24(15-3-6-17(26)7-4-15)20-13-32-22-12-16(25(30)31)5-9-19(22)23(20)28-29/h3-12,20,24H,13H2,1H3,(H,30,31). The number of halogens is 1. The minimum atomic E-state index is -1.02. The van der Waals surface area contributed by atoms with Gasteiger partial charge >= 0.3 is 5.97 Å². The van der Waals surface area contributed by atoms with Crippen molar-refractivity contribution in [2.75, 3.05) is 11.6 Å². The van der Waals surface area contributed by atoms with E-state index in [-0.39, 0.29) is 23.3 Å². The smallest absolute Gasteiger partial charge is 0.335 e. The minimum absolute atomic E-state index is 0.135. The predicted octanol–water partition coefficient (Wildman–Crippen LogP) is 5.36. The third-order valence-corrected chi connectivity index (χ3v) is 5.91. The van der Waals surface area contributed by atoms with E-state index in [1.807, 2.05) is 24.1 Å². The SMILES string of the molecule is [C-]#[N+]c1ccc(N2N=C3c4ccc(C(=O)O)cc4OCC3C2c2ccc(F)cc2)cc1C. The van der Waals surface area contributed by atoms with Crippen molar-refractivity contribution in [1.29, 1.82) is 0 Å². The van der Waals surface area contributed by atoms with Crippen LogP contribution in [0.2, 0.25) is 0 Å². The summed E-state index contributed by atoms with van der Waals surface area (Å²) >= 11 is 0. The number of aromatic carboxylic acids is 1. The van der Waals surface area contributed by atoms with Crippen LogP contribution in [0.1, 0.15) is 33.1 Å². The Morgan fingerprint density at radius 1 is 1.19 bits per heavy atom. The normalized spacial score (nSPS) is 18.8. The van der Waals surface area contributed by atoms with E-state index in [0.29, 0.717) is 18.0 Å². The van der Waals surface area contributed by atoms with Gasteiger partial charge in [-0.2, -0.15) is 5.10 Å². The third kappa shape index (κ3) is 3.17. The van der Waals surface area contributed by atoms with Crippen LogP contribution in [0.4, 0.5) is 15.8 Å². The summed E-state index contributed by atoms with van der Waals surface area (Å²) in [6.07, 6.45) is 0. The highest BCUT2D eigenvalue weighted by Gasteiger charge is 2.43. The quantitative estimate of drug-likeness (QED) is 0.572. The minimum Gasteiger partial charge on any atom is -0.492 e. The van der Waals surface area contributed by atoms with E-state index in [9.17, 15) is 14.3 Å². The van der Waals surface area contributed by atoms with Gasteiger partial charge in [0.15, 0.2) is 5.69 Å². The van der Waals surface area contributed by atoms with Crippen molar-refractivity contribution in [2.24, 2.45) is 11.0 Å². The highest BCUT2D eigenvalue weighted by atomic mass is 19.1. The first-order chi connectivity index (χ1) is 15.5. The summed E-state index contributed by atoms with van der Waals surface area (Å²) in [7, 11) is 0. The summed E-state index contributed by atoms with van der Waals surface area (Å²) in [6.45, 7) is 9.50. The molecule has 32 heavy (non-hydrogen) atoms. The molecule has 2 heterocycles. The number of aryl methyl sites for hydroxylation is 1. The van der Waals surface area contributed by atoms with E-state index in [4.69, 9.17) is 16.4 Å². The van der Waals surface area contributed by atoms with E-state index in [0.717, 1.165) is 28.1 Å². The van der Waals surface area contributed by atoms with Crippen molar-refractivity contribution in [1.82, 2.24) is 0 Å². The van der Waals surface area contributed by atoms with E-state index in [1.165, 1.54) is 18.2 Å². The molecule has 0 aliphatic carbocycles. The van der Waals surface area contributed by atoms with Gasteiger partial charge in [-0.1, -0.05) is 18.2 Å². The van der Waals surface area contributed by atoms with Crippen LogP contribution >= 0.6 is 0 Å². The lowest BCUT2D eigenvalue weighted by Crippen LogP contribution is -2.33. The molecule has 0 spiro atoms. The molecule has 0 aromatic heterocycles. The molecule has 3 aromatic rings. The van der Waals surface area contributed by atoms with Gasteiger partial charge in [0.1, 0.15) is 11.6 Å². The molecule has 2 unspecified atom stereocenters. The summed E-state index contributed by atoms with van der Waals surface area (Å²) < 4.78 is 19.6. The van der Waals surface area contributed by atoms with E-state index >= 15 is 0 Å². The average Bonchev–Trinajstić information content (AvgIpc) is 3.19. The van der Waals surface area contributed by atoms with Crippen LogP contribution in [0.3, 0.4) is 0 Å². The lowest BCUT2D eigenvalue weighted by Gasteiger charge is -2.31. The Morgan fingerprint density at radius 2 is 1.97 bits per heavy atom. The Labute approximate surface area is 184 Å². The zero-order valence-electron chi connectivity index (χ0n) is 17.1. The monoisotopic (exact) mass is 427 g/mol. The van der Waals surface area contributed by atoms with Crippen molar-refractivity contribution >= 4 is 23.1 Å². The van der Waals surface area contributed by atoms with Crippen LogP contribution in [-0.4, -0.2) is 23.4 Å². The van der Waals surface area contributed by atoms with Crippen molar-refractivity contribution in [3.05, 3.63) is 100 Å². The van der Waals surface area contributed by atoms with Gasteiger partial charge < -0.3 is 9.84 Å². The first-order valence-electron chi connectivity index (χ1n) is 10.1. The van der Waals surface area contributed by atoms with Gasteiger partial charge in [-0.15, -0.1) is 0 Å². The van der Waals surface area contributed by atoms with Crippen LogP contribution in [0, 0.1) is 25.2 Å². The van der Waals surface area contributed by atoms with Crippen LogP contribution in [0.15, 0.2) is 65.8 Å². The number of carboxylic acids is 1. The highest BCUT2D eigenvalue weighted by molar-refractivity contribution is 6.08. The van der Waals surface area contributed by atoms with Crippen molar-refractivity contribution in [2.45, 2.75) is 13.0 Å². The summed E-state index contributed by atoms with van der Waals surface area (Å²) in [5.41, 5.74) is 4.81. The molecule has 0 bridgehead atoms. The van der Waals surface area contributed by atoms with Gasteiger partial charge in [0.2, 0.25) is 0 Å². The Bertz CT molecular complexity index is 1310. The lowest BCUT2D eigenvalue weighted by atomic mass is 9.85. The van der Waals surface area contributed by atoms with Crippen LogP contribution in [0.25, 0.3) is 4.85 Å². The van der Waals surface area contributed by atoms with Crippen molar-refractivity contribution < 1.29 is 19.0 Å². The molecule has 0 radical (unpaired) electrons. The molecule has 0 saturated heterocycles. The summed E-state index contributed by atoms with van der Waals surface area (Å²) in [5.74, 6) is -0.986. The molecule has 3 aromatic carbocycles. The number of benzene rings is 3. The summed E-state index contributed by atoms with van der Waals surface area (Å²) in [4.78, 5) is 14.9. The average molecular weight is 427 g/mol. The summed E-state index contributed by atoms with van der Waals surface area (Å²) in [5, 5.41) is 16.1. The Morgan fingerprint density at radius 3 is 2.66 bits per heavy atom. The molecule has 2 aliphatic heterocycles.